The number of nitrogens with two attached hydrogens (primary N) is 1. The number of H-pyrrole nitrogens is 1. The molecule has 28 heteroatoms. The Labute approximate surface area is 534 Å². The van der Waals surface area contributed by atoms with Crippen molar-refractivity contribution < 1.29 is 66.9 Å². The maximum Gasteiger partial charge on any atom is 0.415 e. The van der Waals surface area contributed by atoms with E-state index in [1.54, 1.807) is 52.3 Å². The smallest absolute Gasteiger partial charge is 0.415 e. The molecule has 0 spiro atoms. The van der Waals surface area contributed by atoms with Gasteiger partial charge in [-0.1, -0.05) is 66.2 Å². The van der Waals surface area contributed by atoms with Gasteiger partial charge in [-0.3, -0.25) is 38.5 Å². The molecule has 3 atom stereocenters. The third kappa shape index (κ3) is 19.2. The number of urea groups is 1. The lowest BCUT2D eigenvalue weighted by Gasteiger charge is -2.31. The maximum atomic E-state index is 14.4. The Morgan fingerprint density at radius 3 is 2.20 bits per heavy atom. The van der Waals surface area contributed by atoms with Crippen molar-refractivity contribution in [2.24, 2.45) is 11.7 Å². The number of piperazine rings is 1. The Hall–Kier alpha value is -9.12. The number of primary amides is 1. The zero-order valence-corrected chi connectivity index (χ0v) is 52.7. The summed E-state index contributed by atoms with van der Waals surface area (Å²) in [4.78, 5) is 137. The molecule has 5 aromatic rings. The number of alkyl halides is 1. The number of halogens is 1. The van der Waals surface area contributed by atoms with Gasteiger partial charge in [-0.05, 0) is 78.7 Å². The molecule has 0 unspecified atom stereocenters. The highest BCUT2D eigenvalue weighted by molar-refractivity contribution is 9.09. The number of fused-ring (bicyclic) bond motifs is 4. The van der Waals surface area contributed by atoms with Crippen molar-refractivity contribution in [3.8, 4) is 11.5 Å². The number of nitrogens with zero attached hydrogens (tertiary/aromatic N) is 4. The van der Waals surface area contributed by atoms with Crippen LogP contribution in [0, 0.1) is 5.92 Å². The van der Waals surface area contributed by atoms with Crippen molar-refractivity contribution in [1.29, 1.82) is 0 Å². The number of benzene rings is 4. The number of rotatable bonds is 31. The van der Waals surface area contributed by atoms with Gasteiger partial charge >= 0.3 is 18.2 Å². The van der Waals surface area contributed by atoms with Gasteiger partial charge in [0.25, 0.3) is 17.7 Å². The minimum Gasteiger partial charge on any atom is -0.492 e. The molecule has 486 valence electrons. The standard InChI is InChI=1S/C63H78BrN13O14/c1-39(2)57(68-22-21-66-53(79)19-30-88-31-23-67-52(78)18-25-76-54(80)16-17-55(76)81)59(83)73-48(9-6-20-69-61(65)85)58(82)71-43-12-10-40(11-13-43)38-90-62(86)70-24-32-89-44-14-15-47-41(33-44)34-49(72-47)60(84)77-37-42(36-64)56-46-8-5-4-7-45(46)51(35-50(56)77)91-63(87)75-28-26-74(3)27-29-75/h4-5,7-8,10-17,33-35,39,42,48,57,68,72H,6,9,18-32,36-38H2,1-3H3,(H,66,79)(H,67,78)(H,70,86)(H,71,82)(H,73,83)(H3,65,69,85)/t42-,48+,57+/m1/s1. The number of hydrogen-bond acceptors (Lipinski definition) is 16. The fraction of sp³-hybridized carbons (Fsp3) is 0.429. The predicted molar refractivity (Wildman–Crippen MR) is 342 cm³/mol. The molecule has 11 amide bonds. The lowest BCUT2D eigenvalue weighted by Crippen LogP contribution is -2.54. The Morgan fingerprint density at radius 1 is 0.758 bits per heavy atom. The molecule has 0 radical (unpaired) electrons. The summed E-state index contributed by atoms with van der Waals surface area (Å²) in [5.74, 6) is -2.11. The van der Waals surface area contributed by atoms with Crippen molar-refractivity contribution in [3.63, 3.8) is 0 Å². The number of anilines is 2. The molecule has 0 bridgehead atoms. The normalized spacial score (nSPS) is 15.3. The van der Waals surface area contributed by atoms with Gasteiger partial charge < -0.3 is 81.6 Å². The van der Waals surface area contributed by atoms with E-state index in [1.165, 1.54) is 0 Å². The molecule has 8 rings (SSSR count). The second-order valence-electron chi connectivity index (χ2n) is 22.4. The highest BCUT2D eigenvalue weighted by atomic mass is 79.9. The topological polar surface area (TPSA) is 347 Å². The molecule has 27 nitrogen and oxygen atoms in total. The largest absolute Gasteiger partial charge is 0.492 e. The van der Waals surface area contributed by atoms with Crippen LogP contribution in [0.5, 0.6) is 11.5 Å². The van der Waals surface area contributed by atoms with Gasteiger partial charge in [0.1, 0.15) is 36.4 Å². The summed E-state index contributed by atoms with van der Waals surface area (Å²) in [6.45, 7) is 7.80. The zero-order chi connectivity index (χ0) is 65.0. The third-order valence-electron chi connectivity index (χ3n) is 15.4. The zero-order valence-electron chi connectivity index (χ0n) is 51.1. The number of aromatic nitrogens is 1. The van der Waals surface area contributed by atoms with Crippen molar-refractivity contribution in [1.82, 2.24) is 51.6 Å². The van der Waals surface area contributed by atoms with E-state index in [1.807, 2.05) is 57.3 Å². The molecule has 4 aromatic carbocycles. The monoisotopic (exact) mass is 1320 g/mol. The highest BCUT2D eigenvalue weighted by Gasteiger charge is 2.37. The summed E-state index contributed by atoms with van der Waals surface area (Å²) in [5.41, 5.74) is 9.04. The molecule has 3 aliphatic heterocycles. The van der Waals surface area contributed by atoms with Crippen LogP contribution < -0.4 is 57.3 Å². The summed E-state index contributed by atoms with van der Waals surface area (Å²) in [6, 6.07) is 20.8. The molecule has 91 heavy (non-hydrogen) atoms. The predicted octanol–water partition coefficient (Wildman–Crippen LogP) is 3.95. The van der Waals surface area contributed by atoms with Gasteiger partial charge in [-0.25, -0.2) is 14.4 Å². The van der Waals surface area contributed by atoms with E-state index >= 15 is 0 Å². The number of ether oxygens (including phenoxy) is 4. The van der Waals surface area contributed by atoms with E-state index in [9.17, 15) is 47.9 Å². The molecule has 4 heterocycles. The van der Waals surface area contributed by atoms with Crippen LogP contribution in [0.2, 0.25) is 0 Å². The van der Waals surface area contributed by atoms with Crippen LogP contribution in [0.1, 0.15) is 67.1 Å². The van der Waals surface area contributed by atoms with Gasteiger partial charge in [-0.2, -0.15) is 0 Å². The second-order valence-corrected chi connectivity index (χ2v) is 23.0. The van der Waals surface area contributed by atoms with E-state index in [2.05, 4.69) is 63.0 Å². The molecule has 1 saturated heterocycles. The van der Waals surface area contributed by atoms with E-state index in [0.29, 0.717) is 65.5 Å². The van der Waals surface area contributed by atoms with Gasteiger partial charge in [0.2, 0.25) is 23.6 Å². The number of amides is 11. The minimum atomic E-state index is -1.02. The van der Waals surface area contributed by atoms with Crippen LogP contribution in [0.3, 0.4) is 0 Å². The summed E-state index contributed by atoms with van der Waals surface area (Å²) >= 11 is 3.68. The fourth-order valence-electron chi connectivity index (χ4n) is 10.5. The Bertz CT molecular complexity index is 3460. The molecule has 3 aliphatic rings. The van der Waals surface area contributed by atoms with Gasteiger partial charge in [-0.15, -0.1) is 0 Å². The van der Waals surface area contributed by atoms with Crippen molar-refractivity contribution in [2.45, 2.75) is 64.1 Å². The lowest BCUT2D eigenvalue weighted by molar-refractivity contribution is -0.137. The molecule has 1 fully saturated rings. The SMILES string of the molecule is CC(C)[C@H](NCCNC(=O)CCOCCNC(=O)CCN1C(=O)C=CC1=O)C(=O)N[C@@H](CCCNC(N)=O)C(=O)Nc1ccc(COC(=O)NCCOc2ccc3[nH]c(C(=O)N4C[C@@H](CBr)c5c4cc(OC(=O)N4CCN(C)CC4)c4ccccc54)cc3c2)cc1. The molecular formula is C63H78BrN13O14. The molecule has 0 aliphatic carbocycles. The van der Waals surface area contributed by atoms with E-state index < -0.39 is 53.9 Å². The van der Waals surface area contributed by atoms with Gasteiger partial charge in [0, 0.05) is 130 Å². The van der Waals surface area contributed by atoms with Crippen LogP contribution in [0.15, 0.2) is 91.0 Å². The first-order valence-corrected chi connectivity index (χ1v) is 31.3. The first-order chi connectivity index (χ1) is 43.8. The highest BCUT2D eigenvalue weighted by Crippen LogP contribution is 2.46. The number of aromatic amines is 1. The number of alkyl carbamates (subject to hydrolysis) is 1. The minimum absolute atomic E-state index is 0.0121. The second kappa shape index (κ2) is 33.1. The average molecular weight is 1320 g/mol. The van der Waals surface area contributed by atoms with Crippen molar-refractivity contribution >= 4 is 109 Å². The number of nitrogens with one attached hydrogen (secondary N) is 8. The summed E-state index contributed by atoms with van der Waals surface area (Å²) in [7, 11) is 2.02. The third-order valence-corrected chi connectivity index (χ3v) is 16.2. The van der Waals surface area contributed by atoms with Gasteiger partial charge in [0.15, 0.2) is 0 Å². The van der Waals surface area contributed by atoms with E-state index in [0.717, 1.165) is 57.4 Å². The van der Waals surface area contributed by atoms with Crippen LogP contribution >= 0.6 is 15.9 Å². The Balaban J connectivity index is 0.744. The van der Waals surface area contributed by atoms with Crippen LogP contribution in [0.4, 0.5) is 25.8 Å². The number of imide groups is 1. The van der Waals surface area contributed by atoms with Crippen molar-refractivity contribution in [2.75, 3.05) is 114 Å². The lowest BCUT2D eigenvalue weighted by atomic mass is 9.95. The summed E-state index contributed by atoms with van der Waals surface area (Å²) < 4.78 is 22.9. The number of carbonyl (C=O) groups is 10. The van der Waals surface area contributed by atoms with Crippen LogP contribution in [0.25, 0.3) is 21.7 Å². The molecule has 0 saturated carbocycles. The first-order valence-electron chi connectivity index (χ1n) is 30.2. The quantitative estimate of drug-likeness (QED) is 0.0172. The number of likely N-dealkylation sites (N-methyl/N-ethyl adjacent to an activating group) is 1. The fourth-order valence-corrected chi connectivity index (χ4v) is 11.1. The molecule has 10 N–H and O–H groups in total. The van der Waals surface area contributed by atoms with E-state index in [-0.39, 0.29) is 115 Å². The summed E-state index contributed by atoms with van der Waals surface area (Å²) in [6.07, 6.45) is 1.65. The van der Waals surface area contributed by atoms with Crippen LogP contribution in [-0.4, -0.2) is 196 Å². The first kappa shape index (κ1) is 67.8. The Morgan fingerprint density at radius 2 is 1.47 bits per heavy atom. The Kier molecular flexibility index (Phi) is 24.7. The molecular weight excluding hydrogens is 1240 g/mol. The number of carbonyl (C=O) groups excluding carboxylic acids is 10. The van der Waals surface area contributed by atoms with Gasteiger partial charge in [0.05, 0.1) is 31.5 Å². The average Bonchev–Trinajstić information content (AvgIpc) is 1.63. The maximum absolute atomic E-state index is 14.4. The summed E-state index contributed by atoms with van der Waals surface area (Å²) in [5, 5.41) is 22.4. The van der Waals surface area contributed by atoms with E-state index in [4.69, 9.17) is 24.7 Å². The molecule has 1 aromatic heterocycles. The van der Waals surface area contributed by atoms with Crippen LogP contribution in [-0.2, 0) is 44.8 Å². The number of hydrogen-bond donors (Lipinski definition) is 9. The van der Waals surface area contributed by atoms with Crippen molar-refractivity contribution in [3.05, 3.63) is 108 Å².